The molecule has 1 N–H and O–H groups in total. The first kappa shape index (κ1) is 26.0. The number of amides is 1. The molecule has 38 heavy (non-hydrogen) atoms. The molecule has 196 valence electrons. The highest BCUT2D eigenvalue weighted by Gasteiger charge is 2.53. The molecular weight excluding hydrogens is 536 g/mol. The fourth-order valence-corrected chi connectivity index (χ4v) is 5.59. The van der Waals surface area contributed by atoms with E-state index in [1.165, 1.54) is 48.5 Å². The lowest BCUT2D eigenvalue weighted by Gasteiger charge is -2.16. The molecule has 3 aromatic carbocycles. The van der Waals surface area contributed by atoms with Gasteiger partial charge in [-0.3, -0.25) is 4.79 Å². The summed E-state index contributed by atoms with van der Waals surface area (Å²) >= 11 is 6.49. The molecule has 0 spiro atoms. The highest BCUT2D eigenvalue weighted by Crippen LogP contribution is 2.55. The van der Waals surface area contributed by atoms with Gasteiger partial charge in [-0.15, -0.1) is 0 Å². The Morgan fingerprint density at radius 1 is 1.08 bits per heavy atom. The predicted octanol–water partition coefficient (Wildman–Crippen LogP) is 5.72. The van der Waals surface area contributed by atoms with Crippen LogP contribution in [0, 0.1) is 11.6 Å². The summed E-state index contributed by atoms with van der Waals surface area (Å²) in [6.07, 6.45) is 1.08. The molecule has 1 aliphatic carbocycles. The number of carbonyl (C=O) groups is 1. The molecule has 1 fully saturated rings. The summed E-state index contributed by atoms with van der Waals surface area (Å²) in [5.74, 6) is -0.975. The summed E-state index contributed by atoms with van der Waals surface area (Å²) < 4.78 is 57.8. The molecule has 11 heteroatoms. The first-order chi connectivity index (χ1) is 18.1. The number of nitrogens with one attached hydrogen (secondary N) is 1. The van der Waals surface area contributed by atoms with Crippen molar-refractivity contribution in [1.29, 1.82) is 0 Å². The highest BCUT2D eigenvalue weighted by atomic mass is 35.5. The van der Waals surface area contributed by atoms with Crippen molar-refractivity contribution in [3.05, 3.63) is 94.3 Å². The zero-order valence-electron chi connectivity index (χ0n) is 20.2. The van der Waals surface area contributed by atoms with Crippen molar-refractivity contribution < 1.29 is 26.5 Å². The number of hydrogen-bond acceptors (Lipinski definition) is 6. The number of halogens is 3. The number of anilines is 1. The topological polar surface area (TPSA) is 102 Å². The number of sulfone groups is 1. The third-order valence-corrected chi connectivity index (χ3v) is 8.58. The highest BCUT2D eigenvalue weighted by molar-refractivity contribution is 7.91. The van der Waals surface area contributed by atoms with Gasteiger partial charge in [0.15, 0.2) is 15.7 Å². The minimum Gasteiger partial charge on any atom is -0.334 e. The third-order valence-electron chi connectivity index (χ3n) is 6.53. The van der Waals surface area contributed by atoms with Gasteiger partial charge in [-0.2, -0.15) is 4.98 Å². The Morgan fingerprint density at radius 3 is 2.37 bits per heavy atom. The van der Waals surface area contributed by atoms with Crippen LogP contribution in [0.2, 0.25) is 5.02 Å². The lowest BCUT2D eigenvalue weighted by molar-refractivity contribution is -0.115. The van der Waals surface area contributed by atoms with E-state index >= 15 is 4.39 Å². The maximum atomic E-state index is 15.4. The average Bonchev–Trinajstić information content (AvgIpc) is 3.51. The van der Waals surface area contributed by atoms with Crippen LogP contribution < -0.4 is 5.32 Å². The first-order valence-electron chi connectivity index (χ1n) is 11.8. The molecule has 0 aliphatic heterocycles. The van der Waals surface area contributed by atoms with Crippen molar-refractivity contribution in [3.63, 3.8) is 0 Å². The van der Waals surface area contributed by atoms with E-state index in [0.717, 1.165) is 0 Å². The van der Waals surface area contributed by atoms with Crippen LogP contribution in [0.1, 0.15) is 36.7 Å². The van der Waals surface area contributed by atoms with Crippen LogP contribution in [0.3, 0.4) is 0 Å². The van der Waals surface area contributed by atoms with E-state index in [-0.39, 0.29) is 45.1 Å². The Kier molecular flexibility index (Phi) is 6.79. The summed E-state index contributed by atoms with van der Waals surface area (Å²) in [6.45, 7) is 1.56. The second-order valence-corrected chi connectivity index (χ2v) is 11.8. The van der Waals surface area contributed by atoms with Crippen LogP contribution in [0.5, 0.6) is 0 Å². The quantitative estimate of drug-likeness (QED) is 0.297. The van der Waals surface area contributed by atoms with Gasteiger partial charge in [0.1, 0.15) is 11.6 Å². The maximum Gasteiger partial charge on any atom is 0.257 e. The van der Waals surface area contributed by atoms with E-state index in [1.807, 2.05) is 0 Å². The normalized spacial score (nSPS) is 14.3. The molecule has 0 saturated heterocycles. The predicted molar refractivity (Wildman–Crippen MR) is 138 cm³/mol. The monoisotopic (exact) mass is 557 g/mol. The van der Waals surface area contributed by atoms with Crippen LogP contribution in [0.25, 0.3) is 11.5 Å². The van der Waals surface area contributed by atoms with Crippen molar-refractivity contribution in [1.82, 2.24) is 10.1 Å². The second kappa shape index (κ2) is 9.92. The molecule has 1 aliphatic rings. The Bertz CT molecular complexity index is 1590. The van der Waals surface area contributed by atoms with Gasteiger partial charge in [-0.05, 0) is 66.9 Å². The van der Waals surface area contributed by atoms with Gasteiger partial charge in [-0.25, -0.2) is 17.2 Å². The SMILES string of the molecule is CCS(=O)(=O)c1ccc(CC(=O)Nc2cc(F)c(C3(c4noc(-c5ccc(F)cc5)n4)CC3)c(Cl)c2)cc1. The van der Waals surface area contributed by atoms with Gasteiger partial charge in [-0.1, -0.05) is 35.8 Å². The molecule has 1 aromatic heterocycles. The number of rotatable bonds is 8. The van der Waals surface area contributed by atoms with E-state index in [2.05, 4.69) is 15.5 Å². The molecule has 1 saturated carbocycles. The average molecular weight is 558 g/mol. The molecule has 7 nitrogen and oxygen atoms in total. The lowest BCUT2D eigenvalue weighted by Crippen LogP contribution is -2.17. The van der Waals surface area contributed by atoms with E-state index in [4.69, 9.17) is 16.1 Å². The summed E-state index contributed by atoms with van der Waals surface area (Å²) in [5, 5.41) is 6.79. The van der Waals surface area contributed by atoms with Crippen molar-refractivity contribution in [2.75, 3.05) is 11.1 Å². The van der Waals surface area contributed by atoms with Gasteiger partial charge < -0.3 is 9.84 Å². The van der Waals surface area contributed by atoms with Crippen molar-refractivity contribution >= 4 is 33.0 Å². The van der Waals surface area contributed by atoms with E-state index in [0.29, 0.717) is 24.0 Å². The van der Waals surface area contributed by atoms with Crippen molar-refractivity contribution in [2.45, 2.75) is 36.5 Å². The van der Waals surface area contributed by atoms with Gasteiger partial charge in [0.2, 0.25) is 5.91 Å². The van der Waals surface area contributed by atoms with Crippen molar-refractivity contribution in [2.24, 2.45) is 0 Å². The summed E-state index contributed by atoms with van der Waals surface area (Å²) in [6, 6.07) is 14.3. The fraction of sp³-hybridized carbons (Fsp3) is 0.222. The minimum absolute atomic E-state index is 0.0153. The van der Waals surface area contributed by atoms with Crippen LogP contribution in [-0.4, -0.2) is 30.2 Å². The molecule has 0 atom stereocenters. The summed E-state index contributed by atoms with van der Waals surface area (Å²) in [4.78, 5) is 17.2. The lowest BCUT2D eigenvalue weighted by atomic mass is 9.94. The Hall–Kier alpha value is -3.63. The molecule has 1 heterocycles. The van der Waals surface area contributed by atoms with Gasteiger partial charge >= 0.3 is 0 Å². The standard InChI is InChI=1S/C27H22ClF2N3O4S/c1-2-38(35,36)20-9-3-16(4-10-20)13-23(34)31-19-14-21(28)24(22(30)15-19)27(11-12-27)26-32-25(37-33-26)17-5-7-18(29)8-6-17/h3-10,14-15H,2,11-13H2,1H3,(H,31,34). The molecular formula is C27H22ClF2N3O4S. The molecule has 1 amide bonds. The Morgan fingerprint density at radius 2 is 1.76 bits per heavy atom. The second-order valence-electron chi connectivity index (χ2n) is 9.10. The van der Waals surface area contributed by atoms with Gasteiger partial charge in [0.25, 0.3) is 5.89 Å². The van der Waals surface area contributed by atoms with Gasteiger partial charge in [0.05, 0.1) is 22.5 Å². The summed E-state index contributed by atoms with van der Waals surface area (Å²) in [5.41, 5.74) is 0.684. The molecule has 0 radical (unpaired) electrons. The largest absolute Gasteiger partial charge is 0.334 e. The van der Waals surface area contributed by atoms with E-state index in [1.54, 1.807) is 19.1 Å². The Labute approximate surface area is 222 Å². The number of aromatic nitrogens is 2. The molecule has 0 bridgehead atoms. The number of nitrogens with zero attached hydrogens (tertiary/aromatic N) is 2. The summed E-state index contributed by atoms with van der Waals surface area (Å²) in [7, 11) is -3.33. The number of benzene rings is 3. The van der Waals surface area contributed by atoms with Crippen LogP contribution in [0.15, 0.2) is 70.1 Å². The smallest absolute Gasteiger partial charge is 0.257 e. The number of hydrogen-bond donors (Lipinski definition) is 1. The van der Waals surface area contributed by atoms with Gasteiger partial charge in [0, 0.05) is 21.8 Å². The number of carbonyl (C=O) groups excluding carboxylic acids is 1. The van der Waals surface area contributed by atoms with Crippen molar-refractivity contribution in [3.8, 4) is 11.5 Å². The van der Waals surface area contributed by atoms with Crippen LogP contribution >= 0.6 is 11.6 Å². The third kappa shape index (κ3) is 5.06. The maximum absolute atomic E-state index is 15.4. The van der Waals surface area contributed by atoms with E-state index < -0.39 is 32.8 Å². The van der Waals surface area contributed by atoms with E-state index in [9.17, 15) is 17.6 Å². The molecule has 0 unspecified atom stereocenters. The Balaban J connectivity index is 1.32. The fourth-order valence-electron chi connectivity index (χ4n) is 4.31. The van der Waals surface area contributed by atoms with Crippen LogP contribution in [-0.2, 0) is 26.5 Å². The van der Waals surface area contributed by atoms with Crippen LogP contribution in [0.4, 0.5) is 14.5 Å². The first-order valence-corrected chi connectivity index (χ1v) is 13.9. The molecule has 5 rings (SSSR count). The zero-order chi connectivity index (χ0) is 27.1. The molecule has 4 aromatic rings. The minimum atomic E-state index is -3.33. The zero-order valence-corrected chi connectivity index (χ0v) is 21.7.